The monoisotopic (exact) mass is 285 g/mol. The molecule has 2 rings (SSSR count). The van der Waals surface area contributed by atoms with E-state index < -0.39 is 18.4 Å². The summed E-state index contributed by atoms with van der Waals surface area (Å²) in [5, 5.41) is -0.308. The van der Waals surface area contributed by atoms with Crippen LogP contribution in [0.5, 0.6) is 5.75 Å². The molecule has 0 aromatic carbocycles. The van der Waals surface area contributed by atoms with Gasteiger partial charge in [0.05, 0.1) is 13.3 Å². The van der Waals surface area contributed by atoms with Gasteiger partial charge in [-0.05, 0) is 12.1 Å². The number of halogens is 1. The van der Waals surface area contributed by atoms with E-state index in [-0.39, 0.29) is 10.8 Å². The summed E-state index contributed by atoms with van der Waals surface area (Å²) in [4.78, 5) is 26.1. The van der Waals surface area contributed by atoms with E-state index in [1.807, 2.05) is 0 Å². The molecule has 0 amide bonds. The molecule has 0 N–H and O–H groups in total. The predicted molar refractivity (Wildman–Crippen MR) is 61.1 cm³/mol. The lowest BCUT2D eigenvalue weighted by Crippen LogP contribution is -2.23. The van der Waals surface area contributed by atoms with Gasteiger partial charge in [-0.3, -0.25) is 4.98 Å². The molecule has 0 bridgehead atoms. The number of rotatable bonds is 3. The highest BCUT2D eigenvalue weighted by Gasteiger charge is 2.38. The smallest absolute Gasteiger partial charge is 0.450 e. The van der Waals surface area contributed by atoms with Gasteiger partial charge >= 0.3 is 18.4 Å². The van der Waals surface area contributed by atoms with Crippen LogP contribution in [0.25, 0.3) is 0 Å². The minimum absolute atomic E-state index is 0.134. The maximum atomic E-state index is 11.3. The zero-order chi connectivity index (χ0) is 13.8. The Morgan fingerprint density at radius 3 is 2.95 bits per heavy atom. The number of hydrogen-bond donors (Lipinski definition) is 0. The number of ether oxygens (including phenoxy) is 4. The number of pyridine rings is 1. The first-order valence-corrected chi connectivity index (χ1v) is 5.42. The van der Waals surface area contributed by atoms with Crippen molar-refractivity contribution in [2.24, 2.45) is 0 Å². The van der Waals surface area contributed by atoms with Crippen LogP contribution in [0.3, 0.4) is 0 Å². The highest BCUT2D eigenvalue weighted by atomic mass is 35.5. The van der Waals surface area contributed by atoms with E-state index in [0.29, 0.717) is 5.75 Å². The summed E-state index contributed by atoms with van der Waals surface area (Å²) in [6, 6.07) is 3.21. The first kappa shape index (κ1) is 13.2. The second-order valence-electron chi connectivity index (χ2n) is 3.28. The molecule has 0 saturated heterocycles. The van der Waals surface area contributed by atoms with Crippen molar-refractivity contribution in [1.29, 1.82) is 0 Å². The van der Waals surface area contributed by atoms with E-state index in [0.717, 1.165) is 7.11 Å². The first-order chi connectivity index (χ1) is 9.11. The molecule has 1 unspecified atom stereocenters. The van der Waals surface area contributed by atoms with Crippen LogP contribution >= 0.6 is 11.6 Å². The van der Waals surface area contributed by atoms with E-state index in [9.17, 15) is 9.59 Å². The normalized spacial score (nSPS) is 18.0. The molecule has 1 aliphatic heterocycles. The van der Waals surface area contributed by atoms with Crippen LogP contribution in [-0.2, 0) is 19.0 Å². The van der Waals surface area contributed by atoms with Gasteiger partial charge in [0.1, 0.15) is 5.75 Å². The minimum Gasteiger partial charge on any atom is -0.450 e. The molecule has 0 fully saturated rings. The van der Waals surface area contributed by atoms with E-state index >= 15 is 0 Å². The average molecular weight is 286 g/mol. The Hall–Kier alpha value is -2.28. The lowest BCUT2D eigenvalue weighted by Gasteiger charge is -2.13. The molecule has 100 valence electrons. The Kier molecular flexibility index (Phi) is 3.86. The second kappa shape index (κ2) is 5.57. The molecule has 8 heteroatoms. The highest BCUT2D eigenvalue weighted by molar-refractivity contribution is 6.42. The first-order valence-electron chi connectivity index (χ1n) is 5.05. The number of nitrogens with zero attached hydrogens (tertiary/aromatic N) is 1. The molecule has 0 spiro atoms. The van der Waals surface area contributed by atoms with E-state index in [2.05, 4.69) is 9.72 Å². The molecule has 1 atom stereocenters. The lowest BCUT2D eigenvalue weighted by molar-refractivity contribution is -0.156. The van der Waals surface area contributed by atoms with Gasteiger partial charge in [-0.1, -0.05) is 11.6 Å². The van der Waals surface area contributed by atoms with Crippen molar-refractivity contribution in [2.75, 3.05) is 7.11 Å². The maximum absolute atomic E-state index is 11.3. The summed E-state index contributed by atoms with van der Waals surface area (Å²) in [6.07, 6.45) is 0.528. The number of carbonyl (C=O) groups is 2. The third-order valence-corrected chi connectivity index (χ3v) is 2.40. The van der Waals surface area contributed by atoms with Crippen LogP contribution in [0, 0.1) is 0 Å². The summed E-state index contributed by atoms with van der Waals surface area (Å²) in [6.45, 7) is 0. The van der Waals surface area contributed by atoms with Gasteiger partial charge in [-0.2, -0.15) is 0 Å². The fraction of sp³-hybridized carbons (Fsp3) is 0.182. The molecule has 0 aliphatic carbocycles. The van der Waals surface area contributed by atoms with Gasteiger partial charge in [-0.25, -0.2) is 9.59 Å². The van der Waals surface area contributed by atoms with E-state index in [1.165, 1.54) is 6.20 Å². The molecule has 7 nitrogen and oxygen atoms in total. The number of methoxy groups -OCH3 is 1. The summed E-state index contributed by atoms with van der Waals surface area (Å²) in [7, 11) is 1.12. The van der Waals surface area contributed by atoms with Gasteiger partial charge in [0.25, 0.3) is 0 Å². The summed E-state index contributed by atoms with van der Waals surface area (Å²) in [5.41, 5.74) is 0. The van der Waals surface area contributed by atoms with Gasteiger partial charge < -0.3 is 18.9 Å². The van der Waals surface area contributed by atoms with Crippen molar-refractivity contribution in [1.82, 2.24) is 4.98 Å². The fourth-order valence-corrected chi connectivity index (χ4v) is 1.42. The topological polar surface area (TPSA) is 84.0 Å². The fourth-order valence-electron chi connectivity index (χ4n) is 1.25. The van der Waals surface area contributed by atoms with Crippen LogP contribution in [0.4, 0.5) is 4.79 Å². The highest BCUT2D eigenvalue weighted by Crippen LogP contribution is 2.29. The molecule has 1 aromatic rings. The molecule has 1 aromatic heterocycles. The predicted octanol–water partition coefficient (Wildman–Crippen LogP) is 1.58. The Bertz CT molecular complexity index is 529. The van der Waals surface area contributed by atoms with Crippen LogP contribution in [0.15, 0.2) is 35.3 Å². The summed E-state index contributed by atoms with van der Waals surface area (Å²) < 4.78 is 19.0. The van der Waals surface area contributed by atoms with Crippen molar-refractivity contribution in [2.45, 2.75) is 6.29 Å². The Labute approximate surface area is 112 Å². The Morgan fingerprint density at radius 1 is 1.53 bits per heavy atom. The largest absolute Gasteiger partial charge is 0.511 e. The zero-order valence-corrected chi connectivity index (χ0v) is 10.4. The Morgan fingerprint density at radius 2 is 2.32 bits per heavy atom. The second-order valence-corrected chi connectivity index (χ2v) is 3.66. The SMILES string of the molecule is COC(=O)OC1OC(=O)C(Cl)=C1Oc1cccnc1. The van der Waals surface area contributed by atoms with E-state index in [1.54, 1.807) is 18.3 Å². The number of cyclic esters (lactones) is 1. The van der Waals surface area contributed by atoms with Crippen molar-refractivity contribution >= 4 is 23.7 Å². The summed E-state index contributed by atoms with van der Waals surface area (Å²) in [5.74, 6) is -0.674. The average Bonchev–Trinajstić information content (AvgIpc) is 2.67. The standard InChI is InChI=1S/C11H8ClNO6/c1-16-11(15)19-10-8(7(12)9(14)18-10)17-6-3-2-4-13-5-6/h2-5,10H,1H3. The van der Waals surface area contributed by atoms with Crippen LogP contribution in [-0.4, -0.2) is 30.5 Å². The van der Waals surface area contributed by atoms with Crippen LogP contribution in [0.1, 0.15) is 0 Å². The summed E-state index contributed by atoms with van der Waals surface area (Å²) >= 11 is 5.73. The zero-order valence-electron chi connectivity index (χ0n) is 9.66. The minimum atomic E-state index is -1.38. The third kappa shape index (κ3) is 2.94. The van der Waals surface area contributed by atoms with Crippen molar-refractivity contribution in [3.63, 3.8) is 0 Å². The van der Waals surface area contributed by atoms with Crippen molar-refractivity contribution < 1.29 is 28.5 Å². The maximum Gasteiger partial charge on any atom is 0.511 e. The molecule has 0 radical (unpaired) electrons. The number of carbonyl (C=O) groups excluding carboxylic acids is 2. The number of esters is 1. The number of hydrogen-bond acceptors (Lipinski definition) is 7. The molecule has 19 heavy (non-hydrogen) atoms. The van der Waals surface area contributed by atoms with Gasteiger partial charge in [-0.15, -0.1) is 0 Å². The van der Waals surface area contributed by atoms with E-state index in [4.69, 9.17) is 25.8 Å². The molecular weight excluding hydrogens is 278 g/mol. The van der Waals surface area contributed by atoms with Crippen molar-refractivity contribution in [3.05, 3.63) is 35.3 Å². The van der Waals surface area contributed by atoms with Gasteiger partial charge in [0.15, 0.2) is 5.03 Å². The Balaban J connectivity index is 2.18. The van der Waals surface area contributed by atoms with Crippen LogP contribution < -0.4 is 4.74 Å². The third-order valence-electron chi connectivity index (χ3n) is 2.06. The molecule has 0 saturated carbocycles. The quantitative estimate of drug-likeness (QED) is 0.779. The van der Waals surface area contributed by atoms with Crippen molar-refractivity contribution in [3.8, 4) is 5.75 Å². The molecule has 1 aliphatic rings. The van der Waals surface area contributed by atoms with Gasteiger partial charge in [0.2, 0.25) is 5.76 Å². The lowest BCUT2D eigenvalue weighted by atomic mass is 10.4. The van der Waals surface area contributed by atoms with Gasteiger partial charge in [0, 0.05) is 6.20 Å². The number of aromatic nitrogens is 1. The molecular formula is C11H8ClNO6. The molecule has 2 heterocycles. The van der Waals surface area contributed by atoms with Crippen LogP contribution in [0.2, 0.25) is 0 Å².